The molecule has 0 spiro atoms. The highest BCUT2D eigenvalue weighted by molar-refractivity contribution is 6.30. The van der Waals surface area contributed by atoms with E-state index in [9.17, 15) is 10.1 Å². The molecule has 0 unspecified atom stereocenters. The minimum absolute atomic E-state index is 0.0471. The van der Waals surface area contributed by atoms with Gasteiger partial charge >= 0.3 is 0 Å². The third-order valence-electron chi connectivity index (χ3n) is 2.48. The molecule has 0 aliphatic rings. The maximum Gasteiger partial charge on any atom is 0.273 e. The van der Waals surface area contributed by atoms with Crippen molar-refractivity contribution in [1.82, 2.24) is 20.1 Å². The fourth-order valence-corrected chi connectivity index (χ4v) is 1.84. The van der Waals surface area contributed by atoms with Crippen LogP contribution in [0.5, 0.6) is 0 Å². The summed E-state index contributed by atoms with van der Waals surface area (Å²) in [5.74, 6) is 0.632. The molecule has 1 aromatic carbocycles. The Morgan fingerprint density at radius 3 is 2.89 bits per heavy atom. The average Bonchev–Trinajstić information content (AvgIpc) is 2.75. The van der Waals surface area contributed by atoms with Crippen LogP contribution in [0.15, 0.2) is 24.5 Å². The summed E-state index contributed by atoms with van der Waals surface area (Å²) in [6, 6.07) is 4.49. The lowest BCUT2D eigenvalue weighted by molar-refractivity contribution is -0.385. The highest BCUT2D eigenvalue weighted by Gasteiger charge is 2.13. The number of aromatic nitrogens is 3. The van der Waals surface area contributed by atoms with Crippen molar-refractivity contribution in [2.24, 2.45) is 7.05 Å². The molecule has 2 rings (SSSR count). The number of benzene rings is 1. The summed E-state index contributed by atoms with van der Waals surface area (Å²) in [6.45, 7) is 0.764. The van der Waals surface area contributed by atoms with E-state index in [0.717, 1.165) is 0 Å². The lowest BCUT2D eigenvalue weighted by Crippen LogP contribution is -2.15. The Hall–Kier alpha value is -1.99. The van der Waals surface area contributed by atoms with Crippen molar-refractivity contribution in [3.63, 3.8) is 0 Å². The van der Waals surface area contributed by atoms with E-state index in [1.807, 2.05) is 0 Å². The van der Waals surface area contributed by atoms with E-state index in [2.05, 4.69) is 15.4 Å². The number of hydrogen-bond acceptors (Lipinski definition) is 5. The van der Waals surface area contributed by atoms with Crippen LogP contribution in [0, 0.1) is 10.1 Å². The molecule has 0 aliphatic heterocycles. The van der Waals surface area contributed by atoms with Crippen LogP contribution in [0.25, 0.3) is 0 Å². The van der Waals surface area contributed by atoms with E-state index < -0.39 is 4.92 Å². The topological polar surface area (TPSA) is 85.9 Å². The predicted octanol–water partition coefficient (Wildman–Crippen LogP) is 1.67. The first-order chi connectivity index (χ1) is 9.06. The van der Waals surface area contributed by atoms with Gasteiger partial charge in [-0.1, -0.05) is 11.6 Å². The van der Waals surface area contributed by atoms with Gasteiger partial charge in [0.15, 0.2) is 5.82 Å². The second kappa shape index (κ2) is 5.77. The van der Waals surface area contributed by atoms with Crippen molar-refractivity contribution >= 4 is 17.3 Å². The highest BCUT2D eigenvalue weighted by Crippen LogP contribution is 2.22. The van der Waals surface area contributed by atoms with E-state index in [4.69, 9.17) is 11.6 Å². The number of aryl methyl sites for hydroxylation is 1. The van der Waals surface area contributed by atoms with Crippen LogP contribution >= 0.6 is 11.6 Å². The first-order valence-corrected chi connectivity index (χ1v) is 5.92. The molecule has 0 aliphatic carbocycles. The van der Waals surface area contributed by atoms with Gasteiger partial charge in [0.2, 0.25) is 0 Å². The molecule has 0 bridgehead atoms. The molecule has 2 aromatic rings. The predicted molar refractivity (Wildman–Crippen MR) is 69.7 cm³/mol. The van der Waals surface area contributed by atoms with Crippen LogP contribution in [0.3, 0.4) is 0 Å². The number of hydrogen-bond donors (Lipinski definition) is 1. The minimum atomic E-state index is -0.424. The third kappa shape index (κ3) is 3.49. The van der Waals surface area contributed by atoms with Gasteiger partial charge < -0.3 is 5.32 Å². The lowest BCUT2D eigenvalue weighted by atomic mass is 10.2. The van der Waals surface area contributed by atoms with E-state index in [1.54, 1.807) is 24.1 Å². The Morgan fingerprint density at radius 1 is 1.47 bits per heavy atom. The minimum Gasteiger partial charge on any atom is -0.305 e. The summed E-state index contributed by atoms with van der Waals surface area (Å²) < 4.78 is 1.60. The summed E-state index contributed by atoms with van der Waals surface area (Å²) in [5, 5.41) is 18.5. The van der Waals surface area contributed by atoms with Gasteiger partial charge in [-0.15, -0.1) is 0 Å². The number of nitrogens with one attached hydrogen (secondary N) is 1. The summed E-state index contributed by atoms with van der Waals surface area (Å²) >= 11 is 5.84. The smallest absolute Gasteiger partial charge is 0.273 e. The van der Waals surface area contributed by atoms with Gasteiger partial charge in [-0.3, -0.25) is 14.8 Å². The average molecular weight is 282 g/mol. The van der Waals surface area contributed by atoms with Crippen LogP contribution in [-0.4, -0.2) is 19.7 Å². The molecular weight excluding hydrogens is 270 g/mol. The maximum absolute atomic E-state index is 10.9. The first kappa shape index (κ1) is 13.4. The molecule has 1 N–H and O–H groups in total. The first-order valence-electron chi connectivity index (χ1n) is 5.54. The van der Waals surface area contributed by atoms with Crippen LogP contribution in [0.4, 0.5) is 5.69 Å². The monoisotopic (exact) mass is 281 g/mol. The zero-order valence-electron chi connectivity index (χ0n) is 10.2. The molecule has 1 aromatic heterocycles. The number of rotatable bonds is 5. The molecule has 7 nitrogen and oxygen atoms in total. The van der Waals surface area contributed by atoms with Crippen LogP contribution in [-0.2, 0) is 20.1 Å². The van der Waals surface area contributed by atoms with Crippen molar-refractivity contribution in [1.29, 1.82) is 0 Å². The Bertz CT molecular complexity index is 599. The number of nitro benzene ring substituents is 1. The van der Waals surface area contributed by atoms with Crippen LogP contribution in [0.1, 0.15) is 11.4 Å². The Kier molecular flexibility index (Phi) is 4.08. The Balaban J connectivity index is 2.02. The molecule has 0 radical (unpaired) electrons. The second-order valence-electron chi connectivity index (χ2n) is 3.97. The van der Waals surface area contributed by atoms with Gasteiger partial charge in [0, 0.05) is 30.2 Å². The maximum atomic E-state index is 10.9. The zero-order chi connectivity index (χ0) is 13.8. The molecule has 0 amide bonds. The molecule has 0 fully saturated rings. The number of halogens is 1. The molecule has 19 heavy (non-hydrogen) atoms. The van der Waals surface area contributed by atoms with E-state index in [-0.39, 0.29) is 5.69 Å². The van der Waals surface area contributed by atoms with Crippen molar-refractivity contribution in [3.8, 4) is 0 Å². The van der Waals surface area contributed by atoms with Gasteiger partial charge in [0.05, 0.1) is 11.5 Å². The van der Waals surface area contributed by atoms with Crippen LogP contribution < -0.4 is 5.32 Å². The summed E-state index contributed by atoms with van der Waals surface area (Å²) in [4.78, 5) is 14.5. The summed E-state index contributed by atoms with van der Waals surface area (Å²) in [5.41, 5.74) is 0.583. The number of nitrogens with zero attached hydrogens (tertiary/aromatic N) is 4. The molecule has 8 heteroatoms. The summed E-state index contributed by atoms with van der Waals surface area (Å²) in [7, 11) is 1.78. The van der Waals surface area contributed by atoms with Crippen LogP contribution in [0.2, 0.25) is 5.02 Å². The van der Waals surface area contributed by atoms with Crippen molar-refractivity contribution < 1.29 is 4.92 Å². The second-order valence-corrected chi connectivity index (χ2v) is 4.40. The number of nitro groups is 1. The highest BCUT2D eigenvalue weighted by atomic mass is 35.5. The molecule has 0 saturated heterocycles. The lowest BCUT2D eigenvalue weighted by Gasteiger charge is -2.04. The van der Waals surface area contributed by atoms with Gasteiger partial charge in [0.25, 0.3) is 5.69 Å². The van der Waals surface area contributed by atoms with Gasteiger partial charge in [-0.05, 0) is 12.1 Å². The largest absolute Gasteiger partial charge is 0.305 e. The molecule has 0 saturated carbocycles. The van der Waals surface area contributed by atoms with E-state index in [1.165, 1.54) is 12.1 Å². The normalized spacial score (nSPS) is 10.6. The van der Waals surface area contributed by atoms with Gasteiger partial charge in [-0.25, -0.2) is 4.98 Å². The quantitative estimate of drug-likeness (QED) is 0.665. The van der Waals surface area contributed by atoms with E-state index >= 15 is 0 Å². The molecule has 1 heterocycles. The van der Waals surface area contributed by atoms with Crippen molar-refractivity contribution in [3.05, 3.63) is 51.1 Å². The zero-order valence-corrected chi connectivity index (χ0v) is 11.0. The molecule has 100 valence electrons. The SMILES string of the molecule is Cn1cnc(CNCc2cc(Cl)ccc2[N+](=O)[O-])n1. The third-order valence-corrected chi connectivity index (χ3v) is 2.72. The fraction of sp³-hybridized carbons (Fsp3) is 0.273. The van der Waals surface area contributed by atoms with Gasteiger partial charge in [0.1, 0.15) is 6.33 Å². The van der Waals surface area contributed by atoms with E-state index in [0.29, 0.717) is 29.5 Å². The molecular formula is C11H12ClN5O2. The summed E-state index contributed by atoms with van der Waals surface area (Å²) in [6.07, 6.45) is 1.60. The van der Waals surface area contributed by atoms with Crippen molar-refractivity contribution in [2.45, 2.75) is 13.1 Å². The fourth-order valence-electron chi connectivity index (χ4n) is 1.65. The van der Waals surface area contributed by atoms with Gasteiger partial charge in [-0.2, -0.15) is 5.10 Å². The Morgan fingerprint density at radius 2 is 2.26 bits per heavy atom. The molecule has 0 atom stereocenters. The Labute approximate surface area is 114 Å². The standard InChI is InChI=1S/C11H12ClN5O2/c1-16-7-14-11(15-16)6-13-5-8-4-9(12)2-3-10(8)17(18)19/h2-4,7,13H,5-6H2,1H3. The van der Waals surface area contributed by atoms with Crippen molar-refractivity contribution in [2.75, 3.05) is 0 Å².